The van der Waals surface area contributed by atoms with E-state index in [-0.39, 0.29) is 10.2 Å². The Morgan fingerprint density at radius 1 is 1.33 bits per heavy atom. The van der Waals surface area contributed by atoms with Gasteiger partial charge in [-0.1, -0.05) is 6.92 Å². The highest BCUT2D eigenvalue weighted by Crippen LogP contribution is 2.14. The van der Waals surface area contributed by atoms with E-state index in [4.69, 9.17) is 16.3 Å². The molecular formula is C10H16ClN3O3S. The summed E-state index contributed by atoms with van der Waals surface area (Å²) in [5, 5.41) is 0.0197. The number of nitrogens with zero attached hydrogens (tertiary/aromatic N) is 3. The minimum Gasteiger partial charge on any atom is -0.380 e. The number of sulfonamides is 1. The van der Waals surface area contributed by atoms with Gasteiger partial charge in [-0.05, 0) is 18.5 Å². The molecule has 0 aliphatic heterocycles. The molecule has 0 spiro atoms. The maximum Gasteiger partial charge on any atom is 0.246 e. The Hall–Kier alpha value is -0.760. The topological polar surface area (TPSA) is 72.4 Å². The van der Waals surface area contributed by atoms with E-state index < -0.39 is 10.0 Å². The van der Waals surface area contributed by atoms with Crippen LogP contribution < -0.4 is 0 Å². The first-order valence-corrected chi connectivity index (χ1v) is 7.39. The predicted octanol–water partition coefficient (Wildman–Crippen LogP) is 1.18. The summed E-state index contributed by atoms with van der Waals surface area (Å²) in [5.74, 6) is 0. The summed E-state index contributed by atoms with van der Waals surface area (Å²) >= 11 is 5.53. The smallest absolute Gasteiger partial charge is 0.246 e. The molecule has 102 valence electrons. The molecule has 0 aromatic carbocycles. The highest BCUT2D eigenvalue weighted by molar-refractivity contribution is 7.89. The third-order valence-electron chi connectivity index (χ3n) is 2.28. The molecule has 0 atom stereocenters. The van der Waals surface area contributed by atoms with Crippen molar-refractivity contribution in [3.8, 4) is 0 Å². The number of rotatable bonds is 7. The molecule has 0 fully saturated rings. The van der Waals surface area contributed by atoms with Crippen LogP contribution >= 0.6 is 11.6 Å². The molecular weight excluding hydrogens is 278 g/mol. The molecule has 0 bridgehead atoms. The zero-order valence-corrected chi connectivity index (χ0v) is 11.9. The second kappa shape index (κ2) is 6.98. The van der Waals surface area contributed by atoms with Gasteiger partial charge in [0.1, 0.15) is 4.90 Å². The predicted molar refractivity (Wildman–Crippen MR) is 68.0 cm³/mol. The Morgan fingerprint density at radius 3 is 2.44 bits per heavy atom. The molecule has 0 saturated carbocycles. The van der Waals surface area contributed by atoms with Gasteiger partial charge in [-0.3, -0.25) is 0 Å². The maximum absolute atomic E-state index is 12.2. The van der Waals surface area contributed by atoms with E-state index in [1.807, 2.05) is 6.92 Å². The van der Waals surface area contributed by atoms with Gasteiger partial charge >= 0.3 is 0 Å². The van der Waals surface area contributed by atoms with Gasteiger partial charge < -0.3 is 4.74 Å². The van der Waals surface area contributed by atoms with Crippen molar-refractivity contribution in [2.45, 2.75) is 18.7 Å². The van der Waals surface area contributed by atoms with Crippen molar-refractivity contribution < 1.29 is 13.2 Å². The third-order valence-corrected chi connectivity index (χ3v) is 4.40. The average Bonchev–Trinajstić information content (AvgIpc) is 2.35. The van der Waals surface area contributed by atoms with Crippen molar-refractivity contribution in [3.63, 3.8) is 0 Å². The monoisotopic (exact) mass is 293 g/mol. The fourth-order valence-electron chi connectivity index (χ4n) is 1.34. The van der Waals surface area contributed by atoms with Crippen molar-refractivity contribution in [3.05, 3.63) is 17.7 Å². The van der Waals surface area contributed by atoms with Crippen LogP contribution in [0.15, 0.2) is 17.3 Å². The van der Waals surface area contributed by atoms with Crippen LogP contribution in [-0.4, -0.2) is 49.0 Å². The van der Waals surface area contributed by atoms with Crippen LogP contribution in [-0.2, 0) is 14.8 Å². The van der Waals surface area contributed by atoms with Crippen LogP contribution in [0.4, 0.5) is 0 Å². The van der Waals surface area contributed by atoms with Gasteiger partial charge in [0.25, 0.3) is 0 Å². The normalized spacial score (nSPS) is 12.0. The molecule has 0 unspecified atom stereocenters. The lowest BCUT2D eigenvalue weighted by atomic mass is 10.6. The van der Waals surface area contributed by atoms with E-state index in [2.05, 4.69) is 9.97 Å². The van der Waals surface area contributed by atoms with E-state index in [1.54, 1.807) is 6.92 Å². The Bertz CT molecular complexity index is 464. The van der Waals surface area contributed by atoms with Crippen molar-refractivity contribution in [1.82, 2.24) is 14.3 Å². The first kappa shape index (κ1) is 15.3. The van der Waals surface area contributed by atoms with E-state index in [9.17, 15) is 8.42 Å². The molecule has 0 aliphatic rings. The fourth-order valence-corrected chi connectivity index (χ4v) is 2.76. The molecule has 0 saturated heterocycles. The first-order valence-electron chi connectivity index (χ1n) is 5.57. The minimum atomic E-state index is -3.58. The second-order valence-electron chi connectivity index (χ2n) is 3.38. The number of hydrogen-bond acceptors (Lipinski definition) is 5. The van der Waals surface area contributed by atoms with Crippen LogP contribution in [0.2, 0.25) is 5.28 Å². The minimum absolute atomic E-state index is 0.0197. The summed E-state index contributed by atoms with van der Waals surface area (Å²) < 4.78 is 30.9. The zero-order chi connectivity index (χ0) is 13.6. The molecule has 0 aliphatic carbocycles. The van der Waals surface area contributed by atoms with Gasteiger partial charge in [0.05, 0.1) is 19.0 Å². The van der Waals surface area contributed by atoms with Crippen molar-refractivity contribution >= 4 is 21.6 Å². The summed E-state index contributed by atoms with van der Waals surface area (Å²) in [5.41, 5.74) is 0. The Morgan fingerprint density at radius 2 is 1.94 bits per heavy atom. The lowest BCUT2D eigenvalue weighted by Gasteiger charge is -2.19. The molecule has 0 amide bonds. The fraction of sp³-hybridized carbons (Fsp3) is 0.600. The third kappa shape index (κ3) is 3.88. The molecule has 8 heteroatoms. The van der Waals surface area contributed by atoms with Gasteiger partial charge in [0.15, 0.2) is 0 Å². The van der Waals surface area contributed by atoms with Gasteiger partial charge in [-0.25, -0.2) is 18.4 Å². The van der Waals surface area contributed by atoms with E-state index >= 15 is 0 Å². The van der Waals surface area contributed by atoms with Crippen LogP contribution in [0.1, 0.15) is 13.8 Å². The molecule has 1 heterocycles. The zero-order valence-electron chi connectivity index (χ0n) is 10.3. The van der Waals surface area contributed by atoms with Crippen molar-refractivity contribution in [2.75, 3.05) is 26.3 Å². The number of halogens is 1. The SMILES string of the molecule is CCOCCN(CC)S(=O)(=O)c1cnc(Cl)nc1. The Balaban J connectivity index is 2.85. The molecule has 0 N–H and O–H groups in total. The number of hydrogen-bond donors (Lipinski definition) is 0. The standard InChI is InChI=1S/C10H16ClN3O3S/c1-3-14(5-6-17-4-2)18(15,16)9-7-12-10(11)13-8-9/h7-8H,3-6H2,1-2H3. The average molecular weight is 294 g/mol. The summed E-state index contributed by atoms with van der Waals surface area (Å²) in [6, 6.07) is 0. The maximum atomic E-state index is 12.2. The quantitative estimate of drug-likeness (QED) is 0.557. The van der Waals surface area contributed by atoms with Crippen LogP contribution in [0.3, 0.4) is 0 Å². The molecule has 18 heavy (non-hydrogen) atoms. The van der Waals surface area contributed by atoms with E-state index in [1.165, 1.54) is 16.7 Å². The summed E-state index contributed by atoms with van der Waals surface area (Å²) in [4.78, 5) is 7.38. The van der Waals surface area contributed by atoms with E-state index in [0.717, 1.165) is 0 Å². The molecule has 6 nitrogen and oxygen atoms in total. The second-order valence-corrected chi connectivity index (χ2v) is 5.66. The number of aromatic nitrogens is 2. The van der Waals surface area contributed by atoms with Gasteiger partial charge in [-0.15, -0.1) is 0 Å². The summed E-state index contributed by atoms with van der Waals surface area (Å²) in [6.07, 6.45) is 2.40. The Labute approximate surface area is 112 Å². The first-order chi connectivity index (χ1) is 8.52. The van der Waals surface area contributed by atoms with Gasteiger partial charge in [-0.2, -0.15) is 4.31 Å². The van der Waals surface area contributed by atoms with Gasteiger partial charge in [0, 0.05) is 19.7 Å². The molecule has 0 radical (unpaired) electrons. The number of likely N-dealkylation sites (N-methyl/N-ethyl adjacent to an activating group) is 1. The van der Waals surface area contributed by atoms with Crippen LogP contribution in [0.5, 0.6) is 0 Å². The highest BCUT2D eigenvalue weighted by Gasteiger charge is 2.23. The lowest BCUT2D eigenvalue weighted by Crippen LogP contribution is -2.34. The number of ether oxygens (including phenoxy) is 1. The highest BCUT2D eigenvalue weighted by atomic mass is 35.5. The van der Waals surface area contributed by atoms with Crippen LogP contribution in [0.25, 0.3) is 0 Å². The van der Waals surface area contributed by atoms with Crippen molar-refractivity contribution in [2.24, 2.45) is 0 Å². The van der Waals surface area contributed by atoms with Gasteiger partial charge in [0.2, 0.25) is 15.3 Å². The molecule has 1 aromatic heterocycles. The lowest BCUT2D eigenvalue weighted by molar-refractivity contribution is 0.135. The molecule has 1 aromatic rings. The van der Waals surface area contributed by atoms with E-state index in [0.29, 0.717) is 26.3 Å². The summed E-state index contributed by atoms with van der Waals surface area (Å²) in [7, 11) is -3.58. The van der Waals surface area contributed by atoms with Crippen molar-refractivity contribution in [1.29, 1.82) is 0 Å². The van der Waals surface area contributed by atoms with Crippen LogP contribution in [0, 0.1) is 0 Å². The largest absolute Gasteiger partial charge is 0.380 e. The summed E-state index contributed by atoms with van der Waals surface area (Å²) in [6.45, 7) is 5.20. The molecule has 1 rings (SSSR count). The Kier molecular flexibility index (Phi) is 5.94.